The highest BCUT2D eigenvalue weighted by molar-refractivity contribution is 8.01. The number of imidazole rings is 2. The van der Waals surface area contributed by atoms with Gasteiger partial charge in [-0.1, -0.05) is 17.8 Å². The van der Waals surface area contributed by atoms with Gasteiger partial charge in [0.15, 0.2) is 9.50 Å². The van der Waals surface area contributed by atoms with Crippen molar-refractivity contribution in [3.63, 3.8) is 0 Å². The van der Waals surface area contributed by atoms with Crippen LogP contribution >= 0.6 is 23.1 Å². The van der Waals surface area contributed by atoms with Crippen LogP contribution in [0.3, 0.4) is 0 Å². The first-order valence-corrected chi connectivity index (χ1v) is 13.0. The fourth-order valence-corrected chi connectivity index (χ4v) is 7.38. The molecule has 11 heteroatoms. The molecule has 1 aliphatic heterocycles. The number of fused-ring (bicyclic) bond motifs is 2. The maximum absolute atomic E-state index is 13.0. The highest BCUT2D eigenvalue weighted by atomic mass is 32.2. The molecule has 3 aromatic heterocycles. The molecule has 4 aromatic rings. The Labute approximate surface area is 183 Å². The summed E-state index contributed by atoms with van der Waals surface area (Å²) in [4.78, 5) is 10.4. The maximum Gasteiger partial charge on any atom is 0.243 e. The van der Waals surface area contributed by atoms with Gasteiger partial charge in [0.25, 0.3) is 0 Å². The van der Waals surface area contributed by atoms with E-state index in [4.69, 9.17) is 4.98 Å². The van der Waals surface area contributed by atoms with Crippen molar-refractivity contribution in [2.24, 2.45) is 0 Å². The van der Waals surface area contributed by atoms with Crippen LogP contribution in [0.25, 0.3) is 16.0 Å². The van der Waals surface area contributed by atoms with E-state index < -0.39 is 10.0 Å². The first kappa shape index (κ1) is 20.0. The molecule has 4 heterocycles. The first-order valence-electron chi connectivity index (χ1n) is 9.97. The lowest BCUT2D eigenvalue weighted by Crippen LogP contribution is -2.35. The Morgan fingerprint density at radius 2 is 1.97 bits per heavy atom. The van der Waals surface area contributed by atoms with Crippen molar-refractivity contribution in [3.05, 3.63) is 30.1 Å². The van der Waals surface area contributed by atoms with Gasteiger partial charge in [-0.25, -0.2) is 22.9 Å². The molecule has 30 heavy (non-hydrogen) atoms. The van der Waals surface area contributed by atoms with Gasteiger partial charge in [-0.05, 0) is 56.7 Å². The molecular weight excluding hydrogens is 440 g/mol. The molecule has 0 radical (unpaired) electrons. The standard InChI is InChI=1S/C19H22N6O2S3/c1-3-24-16-8-7-14(30(26,27)23-9-5-4-6-10-23)11-15(16)21-17(24)28-19-22-25-12-13(2)20-18(25)29-19/h7-8,11-12H,3-6,9-10H2,1-2H3. The Morgan fingerprint density at radius 3 is 2.70 bits per heavy atom. The summed E-state index contributed by atoms with van der Waals surface area (Å²) >= 11 is 3.00. The van der Waals surface area contributed by atoms with E-state index in [2.05, 4.69) is 21.6 Å². The average molecular weight is 463 g/mol. The second-order valence-corrected chi connectivity index (χ2v) is 11.4. The van der Waals surface area contributed by atoms with Crippen LogP contribution in [0.4, 0.5) is 0 Å². The molecule has 0 bridgehead atoms. The summed E-state index contributed by atoms with van der Waals surface area (Å²) in [5, 5.41) is 5.37. The third kappa shape index (κ3) is 3.43. The number of aromatic nitrogens is 5. The molecule has 1 fully saturated rings. The van der Waals surface area contributed by atoms with Crippen LogP contribution in [-0.2, 0) is 16.6 Å². The predicted octanol–water partition coefficient (Wildman–Crippen LogP) is 3.79. The Balaban J connectivity index is 1.50. The van der Waals surface area contributed by atoms with Crippen molar-refractivity contribution in [2.45, 2.75) is 54.0 Å². The minimum atomic E-state index is -3.48. The lowest BCUT2D eigenvalue weighted by atomic mass is 10.2. The van der Waals surface area contributed by atoms with Crippen molar-refractivity contribution < 1.29 is 8.42 Å². The smallest absolute Gasteiger partial charge is 0.243 e. The molecule has 0 atom stereocenters. The fraction of sp³-hybridized carbons (Fsp3) is 0.421. The minimum absolute atomic E-state index is 0.317. The summed E-state index contributed by atoms with van der Waals surface area (Å²) < 4.78 is 32.4. The number of sulfonamides is 1. The second kappa shape index (κ2) is 7.63. The summed E-state index contributed by atoms with van der Waals surface area (Å²) in [5.74, 6) is 0. The number of nitrogens with zero attached hydrogens (tertiary/aromatic N) is 6. The lowest BCUT2D eigenvalue weighted by molar-refractivity contribution is 0.346. The third-order valence-corrected chi connectivity index (χ3v) is 9.14. The Morgan fingerprint density at radius 1 is 1.17 bits per heavy atom. The van der Waals surface area contributed by atoms with E-state index in [1.54, 1.807) is 21.0 Å². The lowest BCUT2D eigenvalue weighted by Gasteiger charge is -2.25. The van der Waals surface area contributed by atoms with Crippen LogP contribution < -0.4 is 0 Å². The van der Waals surface area contributed by atoms with Crippen LogP contribution in [0.2, 0.25) is 0 Å². The molecule has 158 valence electrons. The highest BCUT2D eigenvalue weighted by Gasteiger charge is 2.27. The first-order chi connectivity index (χ1) is 14.5. The zero-order valence-electron chi connectivity index (χ0n) is 16.8. The third-order valence-electron chi connectivity index (χ3n) is 5.28. The van der Waals surface area contributed by atoms with E-state index in [0.29, 0.717) is 23.5 Å². The molecule has 0 amide bonds. The summed E-state index contributed by atoms with van der Waals surface area (Å²) in [6.45, 7) is 5.92. The second-order valence-electron chi connectivity index (χ2n) is 7.33. The molecule has 1 aromatic carbocycles. The highest BCUT2D eigenvalue weighted by Crippen LogP contribution is 2.34. The van der Waals surface area contributed by atoms with Gasteiger partial charge >= 0.3 is 0 Å². The zero-order valence-corrected chi connectivity index (χ0v) is 19.2. The molecule has 0 unspecified atom stereocenters. The Hall–Kier alpha value is -1.95. The van der Waals surface area contributed by atoms with Gasteiger partial charge < -0.3 is 4.57 Å². The molecule has 8 nitrogen and oxygen atoms in total. The summed E-state index contributed by atoms with van der Waals surface area (Å²) in [6.07, 6.45) is 4.83. The fourth-order valence-electron chi connectivity index (χ4n) is 3.80. The van der Waals surface area contributed by atoms with Crippen molar-refractivity contribution in [1.29, 1.82) is 0 Å². The van der Waals surface area contributed by atoms with Crippen molar-refractivity contribution in [2.75, 3.05) is 13.1 Å². The van der Waals surface area contributed by atoms with Gasteiger partial charge in [-0.15, -0.1) is 5.10 Å². The van der Waals surface area contributed by atoms with Crippen LogP contribution in [0.5, 0.6) is 0 Å². The molecule has 0 aliphatic carbocycles. The SMILES string of the molecule is CCn1c(Sc2nn3cc(C)nc3s2)nc2cc(S(=O)(=O)N3CCCCC3)ccc21. The number of aryl methyl sites for hydroxylation is 2. The quantitative estimate of drug-likeness (QED) is 0.449. The van der Waals surface area contributed by atoms with Gasteiger partial charge in [-0.3, -0.25) is 0 Å². The van der Waals surface area contributed by atoms with Gasteiger partial charge in [-0.2, -0.15) is 4.31 Å². The normalized spacial score (nSPS) is 16.1. The molecular formula is C19H22N6O2S3. The van der Waals surface area contributed by atoms with Crippen molar-refractivity contribution in [1.82, 2.24) is 28.5 Å². The summed E-state index contributed by atoms with van der Waals surface area (Å²) in [7, 11) is -3.48. The number of benzene rings is 1. The van der Waals surface area contributed by atoms with Gasteiger partial charge in [0.05, 0.1) is 27.8 Å². The number of piperidine rings is 1. The van der Waals surface area contributed by atoms with Crippen LogP contribution in [0, 0.1) is 6.92 Å². The van der Waals surface area contributed by atoms with E-state index in [1.807, 2.05) is 19.2 Å². The number of hydrogen-bond acceptors (Lipinski definition) is 7. The van der Waals surface area contributed by atoms with Crippen LogP contribution in [-0.4, -0.2) is 50.0 Å². The van der Waals surface area contributed by atoms with Gasteiger partial charge in [0, 0.05) is 19.6 Å². The predicted molar refractivity (Wildman–Crippen MR) is 118 cm³/mol. The Kier molecular flexibility index (Phi) is 5.08. The minimum Gasteiger partial charge on any atom is -0.319 e. The van der Waals surface area contributed by atoms with E-state index in [0.717, 1.165) is 51.5 Å². The molecule has 1 saturated heterocycles. The molecule has 1 aliphatic rings. The summed E-state index contributed by atoms with van der Waals surface area (Å²) in [5.41, 5.74) is 2.55. The van der Waals surface area contributed by atoms with E-state index in [-0.39, 0.29) is 0 Å². The number of rotatable bonds is 5. The monoisotopic (exact) mass is 462 g/mol. The number of hydrogen-bond donors (Lipinski definition) is 0. The molecule has 0 saturated carbocycles. The Bertz CT molecular complexity index is 1300. The van der Waals surface area contributed by atoms with Crippen LogP contribution in [0.1, 0.15) is 31.9 Å². The van der Waals surface area contributed by atoms with Crippen molar-refractivity contribution in [3.8, 4) is 0 Å². The average Bonchev–Trinajstić information content (AvgIpc) is 3.38. The van der Waals surface area contributed by atoms with E-state index in [9.17, 15) is 8.42 Å². The molecule has 0 N–H and O–H groups in total. The molecule has 5 rings (SSSR count). The zero-order chi connectivity index (χ0) is 20.9. The van der Waals surface area contributed by atoms with Crippen molar-refractivity contribution >= 4 is 49.1 Å². The maximum atomic E-state index is 13.0. The largest absolute Gasteiger partial charge is 0.319 e. The molecule has 0 spiro atoms. The van der Waals surface area contributed by atoms with Gasteiger partial charge in [0.1, 0.15) is 0 Å². The topological polar surface area (TPSA) is 85.4 Å². The van der Waals surface area contributed by atoms with E-state index in [1.165, 1.54) is 23.1 Å². The summed E-state index contributed by atoms with van der Waals surface area (Å²) in [6, 6.07) is 5.27. The van der Waals surface area contributed by atoms with E-state index >= 15 is 0 Å². The van der Waals surface area contributed by atoms with Gasteiger partial charge in [0.2, 0.25) is 15.0 Å². The van der Waals surface area contributed by atoms with Crippen LogP contribution in [0.15, 0.2) is 38.8 Å².